The number of aromatic nitrogens is 4. The van der Waals surface area contributed by atoms with Crippen LogP contribution in [0.15, 0.2) is 97.2 Å². The van der Waals surface area contributed by atoms with Crippen LogP contribution < -0.4 is 9.80 Å². The van der Waals surface area contributed by atoms with Gasteiger partial charge in [-0.1, -0.05) is 90.1 Å². The molecular formula is C37H40N6. The molecule has 0 radical (unpaired) electrons. The molecule has 0 amide bonds. The fourth-order valence-electron chi connectivity index (χ4n) is 6.23. The van der Waals surface area contributed by atoms with E-state index in [1.165, 1.54) is 11.1 Å². The van der Waals surface area contributed by atoms with E-state index in [-0.39, 0.29) is 16.2 Å². The summed E-state index contributed by atoms with van der Waals surface area (Å²) in [4.78, 5) is 23.5. The van der Waals surface area contributed by atoms with Crippen LogP contribution in [0.4, 0.5) is 23.3 Å². The first kappa shape index (κ1) is 28.5. The highest BCUT2D eigenvalue weighted by Gasteiger charge is 2.56. The monoisotopic (exact) mass is 568 g/mol. The predicted molar refractivity (Wildman–Crippen MR) is 177 cm³/mol. The minimum atomic E-state index is 0.0367. The van der Waals surface area contributed by atoms with Crippen molar-refractivity contribution in [2.75, 3.05) is 23.9 Å². The van der Waals surface area contributed by atoms with Gasteiger partial charge in [-0.3, -0.25) is 4.98 Å². The van der Waals surface area contributed by atoms with Crippen LogP contribution in [0.1, 0.15) is 52.7 Å². The summed E-state index contributed by atoms with van der Waals surface area (Å²) in [5, 5.41) is 0. The molecule has 2 aromatic heterocycles. The highest BCUT2D eigenvalue weighted by Crippen LogP contribution is 2.61. The molecule has 218 valence electrons. The molecule has 1 aliphatic carbocycles. The van der Waals surface area contributed by atoms with Gasteiger partial charge in [0.15, 0.2) is 5.82 Å². The molecule has 6 rings (SSSR count). The second-order valence-electron chi connectivity index (χ2n) is 13.1. The lowest BCUT2D eigenvalue weighted by molar-refractivity contribution is 0.125. The number of hydrogen-bond donors (Lipinski definition) is 0. The van der Waals surface area contributed by atoms with Crippen molar-refractivity contribution in [2.24, 2.45) is 5.41 Å². The minimum absolute atomic E-state index is 0.0367. The quantitative estimate of drug-likeness (QED) is 0.204. The average molecular weight is 569 g/mol. The number of hydrogen-bond acceptors (Lipinski definition) is 6. The second-order valence-corrected chi connectivity index (χ2v) is 13.1. The van der Waals surface area contributed by atoms with Gasteiger partial charge in [-0.15, -0.1) is 0 Å². The van der Waals surface area contributed by atoms with E-state index in [0.717, 1.165) is 28.2 Å². The summed E-state index contributed by atoms with van der Waals surface area (Å²) in [7, 11) is 3.94. The van der Waals surface area contributed by atoms with Gasteiger partial charge in [0.05, 0.1) is 5.69 Å². The number of rotatable bonds is 6. The molecule has 5 aromatic rings. The summed E-state index contributed by atoms with van der Waals surface area (Å²) in [5.74, 6) is 1.69. The van der Waals surface area contributed by atoms with E-state index in [1.807, 2.05) is 90.8 Å². The molecule has 43 heavy (non-hydrogen) atoms. The van der Waals surface area contributed by atoms with E-state index in [4.69, 9.17) is 19.9 Å². The van der Waals surface area contributed by atoms with Gasteiger partial charge in [0.2, 0.25) is 11.9 Å². The van der Waals surface area contributed by atoms with E-state index in [9.17, 15) is 0 Å². The molecule has 0 aliphatic heterocycles. The molecular weight excluding hydrogens is 528 g/mol. The van der Waals surface area contributed by atoms with Gasteiger partial charge in [0.1, 0.15) is 0 Å². The third-order valence-electron chi connectivity index (χ3n) is 10.3. The zero-order valence-electron chi connectivity index (χ0n) is 26.4. The summed E-state index contributed by atoms with van der Waals surface area (Å²) in [6, 6.07) is 31.2. The highest BCUT2D eigenvalue weighted by molar-refractivity contribution is 5.69. The molecule has 0 spiro atoms. The van der Waals surface area contributed by atoms with Gasteiger partial charge in [0.25, 0.3) is 0 Å². The number of pyridine rings is 1. The third kappa shape index (κ3) is 4.66. The Morgan fingerprint density at radius 2 is 1.05 bits per heavy atom. The van der Waals surface area contributed by atoms with Gasteiger partial charge in [-0.25, -0.2) is 0 Å². The molecule has 0 N–H and O–H groups in total. The van der Waals surface area contributed by atoms with Gasteiger partial charge < -0.3 is 9.80 Å². The normalized spacial score (nSPS) is 16.0. The van der Waals surface area contributed by atoms with Crippen molar-refractivity contribution in [2.45, 2.75) is 52.4 Å². The van der Waals surface area contributed by atoms with Crippen molar-refractivity contribution in [3.8, 4) is 22.6 Å². The van der Waals surface area contributed by atoms with Crippen molar-refractivity contribution in [3.63, 3.8) is 0 Å². The fourth-order valence-corrected chi connectivity index (χ4v) is 6.23. The Kier molecular flexibility index (Phi) is 6.83. The van der Waals surface area contributed by atoms with Crippen LogP contribution in [-0.4, -0.2) is 34.0 Å². The summed E-state index contributed by atoms with van der Waals surface area (Å²) in [6.45, 7) is 14.3. The predicted octanol–water partition coefficient (Wildman–Crippen LogP) is 8.73. The molecule has 1 aliphatic rings. The lowest BCUT2D eigenvalue weighted by Crippen LogP contribution is -2.42. The Hall–Kier alpha value is -4.58. The maximum absolute atomic E-state index is 4.91. The molecule has 0 saturated heterocycles. The van der Waals surface area contributed by atoms with Gasteiger partial charge >= 0.3 is 0 Å². The first-order chi connectivity index (χ1) is 20.4. The van der Waals surface area contributed by atoms with Crippen molar-refractivity contribution >= 4 is 23.3 Å². The van der Waals surface area contributed by atoms with E-state index in [2.05, 4.69) is 71.9 Å². The number of nitrogens with zero attached hydrogens (tertiary/aromatic N) is 6. The van der Waals surface area contributed by atoms with E-state index >= 15 is 0 Å². The molecule has 6 nitrogen and oxygen atoms in total. The summed E-state index contributed by atoms with van der Waals surface area (Å²) in [5.41, 5.74) is 7.94. The standard InChI is InChI=1S/C37H40N6/c1-35(2)29-21-19-25(23-30(29)36(3,4)37(35,5)6)31-22-20-26(24-38-31)32-39-33(42(7)27-15-11-9-12-16-27)41-34(40-32)43(8)28-17-13-10-14-18-28/h9-24H,1-8H3. The maximum Gasteiger partial charge on any atom is 0.235 e. The topological polar surface area (TPSA) is 58.0 Å². The Bertz CT molecular complexity index is 1700. The zero-order valence-corrected chi connectivity index (χ0v) is 26.4. The molecule has 0 saturated carbocycles. The minimum Gasteiger partial charge on any atom is -0.313 e. The first-order valence-electron chi connectivity index (χ1n) is 14.9. The molecule has 0 atom stereocenters. The van der Waals surface area contributed by atoms with E-state index < -0.39 is 0 Å². The van der Waals surface area contributed by atoms with Crippen LogP contribution in [-0.2, 0) is 10.8 Å². The third-order valence-corrected chi connectivity index (χ3v) is 10.3. The highest BCUT2D eigenvalue weighted by atomic mass is 15.3. The van der Waals surface area contributed by atoms with Crippen molar-refractivity contribution in [1.82, 2.24) is 19.9 Å². The van der Waals surface area contributed by atoms with Gasteiger partial charge in [0, 0.05) is 42.8 Å². The van der Waals surface area contributed by atoms with Crippen LogP contribution in [0.25, 0.3) is 22.6 Å². The summed E-state index contributed by atoms with van der Waals surface area (Å²) in [6.07, 6.45) is 1.87. The Balaban J connectivity index is 1.39. The van der Waals surface area contributed by atoms with Crippen LogP contribution in [0.2, 0.25) is 0 Å². The number of fused-ring (bicyclic) bond motifs is 1. The lowest BCUT2D eigenvalue weighted by Gasteiger charge is -2.44. The SMILES string of the molecule is CN(c1ccccc1)c1nc(-c2ccc(-c3ccc4c(c3)C(C)(C)C(C)(C)C4(C)C)nc2)nc(N(C)c2ccccc2)n1. The average Bonchev–Trinajstić information content (AvgIpc) is 3.14. The van der Waals surface area contributed by atoms with Crippen molar-refractivity contribution in [1.29, 1.82) is 0 Å². The van der Waals surface area contributed by atoms with Crippen LogP contribution in [0.5, 0.6) is 0 Å². The first-order valence-corrected chi connectivity index (χ1v) is 14.9. The lowest BCUT2D eigenvalue weighted by atomic mass is 9.59. The van der Waals surface area contributed by atoms with Crippen LogP contribution in [0.3, 0.4) is 0 Å². The summed E-state index contributed by atoms with van der Waals surface area (Å²) >= 11 is 0. The number of para-hydroxylation sites is 2. The molecule has 6 heteroatoms. The maximum atomic E-state index is 4.91. The van der Waals surface area contributed by atoms with Gasteiger partial charge in [-0.05, 0) is 69.8 Å². The zero-order chi connectivity index (χ0) is 30.6. The van der Waals surface area contributed by atoms with Crippen molar-refractivity contribution < 1.29 is 0 Å². The fraction of sp³-hybridized carbons (Fsp3) is 0.297. The molecule has 0 unspecified atom stereocenters. The van der Waals surface area contributed by atoms with Gasteiger partial charge in [-0.2, -0.15) is 15.0 Å². The van der Waals surface area contributed by atoms with E-state index in [0.29, 0.717) is 17.7 Å². The van der Waals surface area contributed by atoms with Crippen LogP contribution >= 0.6 is 0 Å². The number of anilines is 4. The molecule has 0 fully saturated rings. The Morgan fingerprint density at radius 3 is 1.56 bits per heavy atom. The number of benzene rings is 3. The smallest absolute Gasteiger partial charge is 0.235 e. The summed E-state index contributed by atoms with van der Waals surface area (Å²) < 4.78 is 0. The molecule has 3 aromatic carbocycles. The van der Waals surface area contributed by atoms with Crippen molar-refractivity contribution in [3.05, 3.63) is 108 Å². The largest absolute Gasteiger partial charge is 0.313 e. The van der Waals surface area contributed by atoms with Crippen LogP contribution in [0, 0.1) is 5.41 Å². The Morgan fingerprint density at radius 1 is 0.535 bits per heavy atom. The Labute approximate surface area is 255 Å². The second kappa shape index (κ2) is 10.3. The van der Waals surface area contributed by atoms with E-state index in [1.54, 1.807) is 0 Å². The molecule has 0 bridgehead atoms. The molecule has 2 heterocycles.